The second-order valence-corrected chi connectivity index (χ2v) is 5.32. The quantitative estimate of drug-likeness (QED) is 0.759. The van der Waals surface area contributed by atoms with Gasteiger partial charge in [0.1, 0.15) is 11.6 Å². The number of anilines is 1. The standard InChI is InChI=1S/C18H21FN2O3/c1-3-24-17-9-8-15(10-12(17)2)21-18(23)20-11-16(22)13-4-6-14(19)7-5-13/h4-10,16,22H,3,11H2,1-2H3,(H2,20,21,23). The van der Waals surface area contributed by atoms with Crippen LogP contribution in [0.1, 0.15) is 24.2 Å². The van der Waals surface area contributed by atoms with Gasteiger partial charge in [-0.15, -0.1) is 0 Å². The molecular formula is C18H21FN2O3. The molecule has 5 nitrogen and oxygen atoms in total. The first-order valence-corrected chi connectivity index (χ1v) is 7.71. The van der Waals surface area contributed by atoms with Gasteiger partial charge in [0.05, 0.1) is 12.7 Å². The number of rotatable bonds is 6. The van der Waals surface area contributed by atoms with Crippen LogP contribution in [0.4, 0.5) is 14.9 Å². The fourth-order valence-corrected chi connectivity index (χ4v) is 2.21. The molecule has 0 radical (unpaired) electrons. The minimum absolute atomic E-state index is 0.0213. The molecule has 0 saturated carbocycles. The third kappa shape index (κ3) is 4.96. The first-order chi connectivity index (χ1) is 11.5. The van der Waals surface area contributed by atoms with Crippen molar-refractivity contribution in [2.45, 2.75) is 20.0 Å². The molecule has 0 bridgehead atoms. The lowest BCUT2D eigenvalue weighted by Crippen LogP contribution is -2.32. The number of ether oxygens (including phenoxy) is 1. The fourth-order valence-electron chi connectivity index (χ4n) is 2.21. The zero-order chi connectivity index (χ0) is 17.5. The molecule has 128 valence electrons. The summed E-state index contributed by atoms with van der Waals surface area (Å²) in [5.74, 6) is 0.401. The van der Waals surface area contributed by atoms with Crippen molar-refractivity contribution < 1.29 is 19.0 Å². The number of aliphatic hydroxyl groups is 1. The number of hydrogen-bond acceptors (Lipinski definition) is 3. The molecule has 0 aliphatic rings. The number of nitrogens with one attached hydrogen (secondary N) is 2. The molecule has 2 rings (SSSR count). The third-order valence-electron chi connectivity index (χ3n) is 3.44. The molecule has 0 heterocycles. The molecule has 2 aromatic carbocycles. The number of carbonyl (C=O) groups is 1. The van der Waals surface area contributed by atoms with Crippen LogP contribution in [0, 0.1) is 12.7 Å². The maximum Gasteiger partial charge on any atom is 0.319 e. The molecule has 0 aromatic heterocycles. The molecule has 6 heteroatoms. The average molecular weight is 332 g/mol. The Morgan fingerprint density at radius 2 is 1.96 bits per heavy atom. The van der Waals surface area contributed by atoms with Crippen LogP contribution in [0.2, 0.25) is 0 Å². The summed E-state index contributed by atoms with van der Waals surface area (Å²) in [7, 11) is 0. The van der Waals surface area contributed by atoms with Crippen LogP contribution in [0.5, 0.6) is 5.75 Å². The van der Waals surface area contributed by atoms with E-state index in [-0.39, 0.29) is 12.4 Å². The Labute approximate surface area is 140 Å². The minimum Gasteiger partial charge on any atom is -0.494 e. The van der Waals surface area contributed by atoms with E-state index in [0.717, 1.165) is 11.3 Å². The maximum absolute atomic E-state index is 12.8. The number of halogens is 1. The third-order valence-corrected chi connectivity index (χ3v) is 3.44. The molecule has 0 aliphatic carbocycles. The van der Waals surface area contributed by atoms with Gasteiger partial charge in [-0.05, 0) is 55.3 Å². The first-order valence-electron chi connectivity index (χ1n) is 7.71. The van der Waals surface area contributed by atoms with Crippen LogP contribution in [-0.4, -0.2) is 24.3 Å². The van der Waals surface area contributed by atoms with E-state index in [1.165, 1.54) is 24.3 Å². The van der Waals surface area contributed by atoms with Crippen LogP contribution >= 0.6 is 0 Å². The molecule has 0 aliphatic heterocycles. The number of aliphatic hydroxyl groups excluding tert-OH is 1. The summed E-state index contributed by atoms with van der Waals surface area (Å²) in [6.07, 6.45) is -0.904. The van der Waals surface area contributed by atoms with Gasteiger partial charge in [-0.1, -0.05) is 12.1 Å². The van der Waals surface area contributed by atoms with Gasteiger partial charge in [0.2, 0.25) is 0 Å². The van der Waals surface area contributed by atoms with Crippen molar-refractivity contribution in [1.82, 2.24) is 5.32 Å². The second kappa shape index (κ2) is 8.31. The zero-order valence-electron chi connectivity index (χ0n) is 13.7. The maximum atomic E-state index is 12.8. The summed E-state index contributed by atoms with van der Waals surface area (Å²) < 4.78 is 18.3. The normalized spacial score (nSPS) is 11.7. The average Bonchev–Trinajstić information content (AvgIpc) is 2.56. The second-order valence-electron chi connectivity index (χ2n) is 5.32. The molecule has 3 N–H and O–H groups in total. The number of amides is 2. The van der Waals surface area contributed by atoms with Crippen molar-refractivity contribution in [2.75, 3.05) is 18.5 Å². The smallest absolute Gasteiger partial charge is 0.319 e. The van der Waals surface area contributed by atoms with E-state index in [4.69, 9.17) is 4.74 Å². The van der Waals surface area contributed by atoms with Gasteiger partial charge >= 0.3 is 6.03 Å². The largest absolute Gasteiger partial charge is 0.494 e. The van der Waals surface area contributed by atoms with E-state index in [2.05, 4.69) is 10.6 Å². The molecule has 0 fully saturated rings. The lowest BCUT2D eigenvalue weighted by molar-refractivity contribution is 0.175. The Bertz CT molecular complexity index is 689. The summed E-state index contributed by atoms with van der Waals surface area (Å²) in [5, 5.41) is 15.3. The summed E-state index contributed by atoms with van der Waals surface area (Å²) in [6, 6.07) is 10.4. The first kappa shape index (κ1) is 17.7. The number of carbonyl (C=O) groups excluding carboxylic acids is 1. The van der Waals surface area contributed by atoms with Crippen LogP contribution in [0.25, 0.3) is 0 Å². The SMILES string of the molecule is CCOc1ccc(NC(=O)NCC(O)c2ccc(F)cc2)cc1C. The molecule has 1 atom stereocenters. The van der Waals surface area contributed by atoms with Crippen LogP contribution < -0.4 is 15.4 Å². The molecule has 1 unspecified atom stereocenters. The van der Waals surface area contributed by atoms with Crippen molar-refractivity contribution in [2.24, 2.45) is 0 Å². The van der Waals surface area contributed by atoms with Crippen LogP contribution in [-0.2, 0) is 0 Å². The van der Waals surface area contributed by atoms with Gasteiger partial charge in [0.15, 0.2) is 0 Å². The molecule has 24 heavy (non-hydrogen) atoms. The van der Waals surface area contributed by atoms with Gasteiger partial charge in [-0.25, -0.2) is 9.18 Å². The summed E-state index contributed by atoms with van der Waals surface area (Å²) in [6.45, 7) is 4.40. The summed E-state index contributed by atoms with van der Waals surface area (Å²) >= 11 is 0. The number of urea groups is 1. The van der Waals surface area contributed by atoms with E-state index in [1.807, 2.05) is 13.8 Å². The van der Waals surface area contributed by atoms with Crippen molar-refractivity contribution in [3.8, 4) is 5.75 Å². The predicted molar refractivity (Wildman–Crippen MR) is 90.7 cm³/mol. The lowest BCUT2D eigenvalue weighted by Gasteiger charge is -2.14. The highest BCUT2D eigenvalue weighted by Crippen LogP contribution is 2.21. The van der Waals surface area contributed by atoms with E-state index in [1.54, 1.807) is 18.2 Å². The number of benzene rings is 2. The van der Waals surface area contributed by atoms with E-state index >= 15 is 0 Å². The van der Waals surface area contributed by atoms with Crippen LogP contribution in [0.15, 0.2) is 42.5 Å². The van der Waals surface area contributed by atoms with E-state index in [0.29, 0.717) is 17.9 Å². The Balaban J connectivity index is 1.86. The van der Waals surface area contributed by atoms with Crippen molar-refractivity contribution in [3.05, 3.63) is 59.4 Å². The molecule has 0 saturated heterocycles. The lowest BCUT2D eigenvalue weighted by atomic mass is 10.1. The monoisotopic (exact) mass is 332 g/mol. The number of aryl methyl sites for hydroxylation is 1. The minimum atomic E-state index is -0.904. The molecule has 0 spiro atoms. The Hall–Kier alpha value is -2.60. The van der Waals surface area contributed by atoms with E-state index in [9.17, 15) is 14.3 Å². The van der Waals surface area contributed by atoms with Crippen molar-refractivity contribution >= 4 is 11.7 Å². The highest BCUT2D eigenvalue weighted by Gasteiger charge is 2.10. The van der Waals surface area contributed by atoms with Gasteiger partial charge in [0, 0.05) is 12.2 Å². The molecular weight excluding hydrogens is 311 g/mol. The molecule has 2 aromatic rings. The predicted octanol–water partition coefficient (Wildman–Crippen LogP) is 3.39. The fraction of sp³-hybridized carbons (Fsp3) is 0.278. The Morgan fingerprint density at radius 3 is 2.58 bits per heavy atom. The Morgan fingerprint density at radius 1 is 1.25 bits per heavy atom. The Kier molecular flexibility index (Phi) is 6.14. The summed E-state index contributed by atoms with van der Waals surface area (Å²) in [4.78, 5) is 11.9. The van der Waals surface area contributed by atoms with Gasteiger partial charge < -0.3 is 20.5 Å². The zero-order valence-corrected chi connectivity index (χ0v) is 13.7. The highest BCUT2D eigenvalue weighted by molar-refractivity contribution is 5.89. The highest BCUT2D eigenvalue weighted by atomic mass is 19.1. The van der Waals surface area contributed by atoms with Gasteiger partial charge in [-0.3, -0.25) is 0 Å². The van der Waals surface area contributed by atoms with Crippen molar-refractivity contribution in [3.63, 3.8) is 0 Å². The van der Waals surface area contributed by atoms with Gasteiger partial charge in [-0.2, -0.15) is 0 Å². The molecule has 2 amide bonds. The number of hydrogen-bond donors (Lipinski definition) is 3. The summed E-state index contributed by atoms with van der Waals surface area (Å²) in [5.41, 5.74) is 2.08. The topological polar surface area (TPSA) is 70.6 Å². The van der Waals surface area contributed by atoms with Gasteiger partial charge in [0.25, 0.3) is 0 Å². The van der Waals surface area contributed by atoms with E-state index < -0.39 is 12.1 Å². The van der Waals surface area contributed by atoms with Crippen molar-refractivity contribution in [1.29, 1.82) is 0 Å². The van der Waals surface area contributed by atoms with Crippen LogP contribution in [0.3, 0.4) is 0 Å².